The molecule has 2 aromatic carbocycles. The third kappa shape index (κ3) is 4.74. The van der Waals surface area contributed by atoms with Gasteiger partial charge >= 0.3 is 0 Å². The average molecular weight is 420 g/mol. The van der Waals surface area contributed by atoms with E-state index in [0.29, 0.717) is 10.0 Å². The number of pyridine rings is 1. The van der Waals surface area contributed by atoms with Gasteiger partial charge in [0.05, 0.1) is 29.4 Å². The molecule has 0 unspecified atom stereocenters. The van der Waals surface area contributed by atoms with Gasteiger partial charge in [-0.05, 0) is 30.3 Å². The second kappa shape index (κ2) is 9.54. The van der Waals surface area contributed by atoms with Crippen molar-refractivity contribution in [2.45, 2.75) is 0 Å². The van der Waals surface area contributed by atoms with Crippen molar-refractivity contribution in [2.24, 2.45) is 0 Å². The Morgan fingerprint density at radius 1 is 1.04 bits per heavy atom. The third-order valence-corrected chi connectivity index (χ3v) is 5.33. The maximum Gasteiger partial charge on any atom is 0.0745 e. The first kappa shape index (κ1) is 20.8. The fraction of sp³-hybridized carbons (Fsp3) is 0.286. The third-order valence-electron chi connectivity index (χ3n) is 4.77. The van der Waals surface area contributed by atoms with Crippen LogP contribution < -0.4 is 5.32 Å². The normalized spacial score (nSPS) is 14.6. The van der Waals surface area contributed by atoms with Gasteiger partial charge in [-0.2, -0.15) is 0 Å². The molecule has 0 bridgehead atoms. The van der Waals surface area contributed by atoms with Crippen molar-refractivity contribution in [3.05, 3.63) is 58.6 Å². The molecule has 1 aliphatic rings. The van der Waals surface area contributed by atoms with Gasteiger partial charge in [-0.1, -0.05) is 41.4 Å². The molecule has 0 spiro atoms. The minimum atomic E-state index is 0. The molecule has 0 radical (unpaired) electrons. The van der Waals surface area contributed by atoms with Gasteiger partial charge in [0, 0.05) is 47.8 Å². The van der Waals surface area contributed by atoms with Crippen LogP contribution in [-0.2, 0) is 4.74 Å². The highest BCUT2D eigenvalue weighted by Gasteiger charge is 2.12. The lowest BCUT2D eigenvalue weighted by atomic mass is 10.1. The van der Waals surface area contributed by atoms with Crippen LogP contribution in [0, 0.1) is 0 Å². The van der Waals surface area contributed by atoms with Crippen LogP contribution in [-0.4, -0.2) is 54.8 Å². The molecule has 1 saturated heterocycles. The number of hydrogen-bond acceptors (Lipinski definition) is 4. The van der Waals surface area contributed by atoms with Crippen LogP contribution in [0.15, 0.2) is 48.5 Å². The number of morpholine rings is 1. The Balaban J connectivity index is 0.00000225. The number of fused-ring (bicyclic) bond motifs is 1. The Bertz CT molecular complexity index is 946. The molecule has 1 aromatic heterocycles. The second-order valence-corrected chi connectivity index (χ2v) is 7.42. The zero-order valence-electron chi connectivity index (χ0n) is 15.4. The molecule has 0 aliphatic carbocycles. The molecule has 0 saturated carbocycles. The minimum absolute atomic E-state index is 0. The number of benzene rings is 2. The standard InChI is InChI=1S/C21H21Cl2N3O.H2O/c22-15-5-6-18(23)17(13-15)21-14-20(16-3-1-2-4-19(16)25-21)24-7-8-26-9-11-27-12-10-26;/h1-6,13-14H,7-12H2,(H,24,25);1H2. The first-order valence-corrected chi connectivity index (χ1v) is 9.85. The smallest absolute Gasteiger partial charge is 0.0745 e. The molecule has 1 fully saturated rings. The van der Waals surface area contributed by atoms with Gasteiger partial charge in [0.1, 0.15) is 0 Å². The van der Waals surface area contributed by atoms with Crippen LogP contribution in [0.1, 0.15) is 0 Å². The Hall–Kier alpha value is -1.89. The zero-order chi connectivity index (χ0) is 18.6. The van der Waals surface area contributed by atoms with E-state index in [0.717, 1.165) is 67.2 Å². The van der Waals surface area contributed by atoms with Crippen LogP contribution in [0.2, 0.25) is 10.0 Å². The maximum absolute atomic E-state index is 6.40. The summed E-state index contributed by atoms with van der Waals surface area (Å²) in [4.78, 5) is 7.21. The van der Waals surface area contributed by atoms with Crippen molar-refractivity contribution >= 4 is 39.8 Å². The monoisotopic (exact) mass is 419 g/mol. The fourth-order valence-electron chi connectivity index (χ4n) is 3.33. The van der Waals surface area contributed by atoms with Crippen LogP contribution in [0.4, 0.5) is 5.69 Å². The van der Waals surface area contributed by atoms with Crippen molar-refractivity contribution in [3.63, 3.8) is 0 Å². The zero-order valence-corrected chi connectivity index (χ0v) is 16.9. The van der Waals surface area contributed by atoms with E-state index in [1.807, 2.05) is 30.3 Å². The average Bonchev–Trinajstić information content (AvgIpc) is 2.70. The summed E-state index contributed by atoms with van der Waals surface area (Å²) in [6.45, 7) is 5.44. The highest BCUT2D eigenvalue weighted by molar-refractivity contribution is 6.35. The number of para-hydroxylation sites is 1. The summed E-state index contributed by atoms with van der Waals surface area (Å²) in [5.74, 6) is 0. The van der Waals surface area contributed by atoms with E-state index in [4.69, 9.17) is 32.9 Å². The molecular weight excluding hydrogens is 397 g/mol. The molecule has 2 heterocycles. The van der Waals surface area contributed by atoms with Crippen LogP contribution in [0.5, 0.6) is 0 Å². The van der Waals surface area contributed by atoms with E-state index < -0.39 is 0 Å². The lowest BCUT2D eigenvalue weighted by molar-refractivity contribution is 0.0398. The van der Waals surface area contributed by atoms with Crippen molar-refractivity contribution in [2.75, 3.05) is 44.7 Å². The molecule has 0 atom stereocenters. The number of rotatable bonds is 5. The molecule has 28 heavy (non-hydrogen) atoms. The molecule has 3 aromatic rings. The summed E-state index contributed by atoms with van der Waals surface area (Å²) < 4.78 is 5.41. The highest BCUT2D eigenvalue weighted by Crippen LogP contribution is 2.33. The quantitative estimate of drug-likeness (QED) is 0.674. The Kier molecular flexibility index (Phi) is 7.10. The van der Waals surface area contributed by atoms with Gasteiger partial charge in [-0.3, -0.25) is 4.90 Å². The van der Waals surface area contributed by atoms with E-state index in [2.05, 4.69) is 22.3 Å². The fourth-order valence-corrected chi connectivity index (χ4v) is 3.71. The topological polar surface area (TPSA) is 68.9 Å². The largest absolute Gasteiger partial charge is 0.412 e. The van der Waals surface area contributed by atoms with E-state index in [9.17, 15) is 0 Å². The molecule has 7 heteroatoms. The summed E-state index contributed by atoms with van der Waals surface area (Å²) >= 11 is 12.6. The number of anilines is 1. The summed E-state index contributed by atoms with van der Waals surface area (Å²) in [5.41, 5.74) is 3.64. The SMILES string of the molecule is Clc1ccc(Cl)c(-c2cc(NCCN3CCOCC3)c3ccccc3n2)c1.O. The first-order valence-electron chi connectivity index (χ1n) is 9.10. The summed E-state index contributed by atoms with van der Waals surface area (Å²) in [7, 11) is 0. The van der Waals surface area contributed by atoms with Gasteiger partial charge in [0.15, 0.2) is 0 Å². The van der Waals surface area contributed by atoms with Crippen LogP contribution in [0.25, 0.3) is 22.2 Å². The molecule has 1 aliphatic heterocycles. The van der Waals surface area contributed by atoms with E-state index >= 15 is 0 Å². The van der Waals surface area contributed by atoms with Crippen LogP contribution in [0.3, 0.4) is 0 Å². The van der Waals surface area contributed by atoms with Crippen molar-refractivity contribution < 1.29 is 10.2 Å². The number of halogens is 2. The number of aromatic nitrogens is 1. The minimum Gasteiger partial charge on any atom is -0.412 e. The van der Waals surface area contributed by atoms with Crippen molar-refractivity contribution in [1.82, 2.24) is 9.88 Å². The number of hydrogen-bond donors (Lipinski definition) is 1. The number of nitrogens with zero attached hydrogens (tertiary/aromatic N) is 2. The van der Waals surface area contributed by atoms with E-state index in [1.54, 1.807) is 6.07 Å². The van der Waals surface area contributed by atoms with Gasteiger partial charge in [0.25, 0.3) is 0 Å². The number of ether oxygens (including phenoxy) is 1. The Labute approximate surface area is 174 Å². The lowest BCUT2D eigenvalue weighted by Gasteiger charge is -2.26. The van der Waals surface area contributed by atoms with Crippen molar-refractivity contribution in [3.8, 4) is 11.3 Å². The van der Waals surface area contributed by atoms with Gasteiger partial charge in [0.2, 0.25) is 0 Å². The Morgan fingerprint density at radius 3 is 2.64 bits per heavy atom. The molecule has 5 nitrogen and oxygen atoms in total. The first-order chi connectivity index (χ1) is 13.2. The molecule has 0 amide bonds. The lowest BCUT2D eigenvalue weighted by Crippen LogP contribution is -2.39. The predicted octanol–water partition coefficient (Wildman–Crippen LogP) is 4.13. The van der Waals surface area contributed by atoms with Gasteiger partial charge in [-0.15, -0.1) is 0 Å². The van der Waals surface area contributed by atoms with Gasteiger partial charge < -0.3 is 15.5 Å². The summed E-state index contributed by atoms with van der Waals surface area (Å²) in [5, 5.41) is 5.96. The van der Waals surface area contributed by atoms with E-state index in [-0.39, 0.29) is 5.48 Å². The molecule has 148 valence electrons. The van der Waals surface area contributed by atoms with E-state index in [1.165, 1.54) is 0 Å². The van der Waals surface area contributed by atoms with Gasteiger partial charge in [-0.25, -0.2) is 4.98 Å². The summed E-state index contributed by atoms with van der Waals surface area (Å²) in [6.07, 6.45) is 0. The van der Waals surface area contributed by atoms with Crippen LogP contribution >= 0.6 is 23.2 Å². The Morgan fingerprint density at radius 2 is 1.82 bits per heavy atom. The molecule has 3 N–H and O–H groups in total. The van der Waals surface area contributed by atoms with Crippen molar-refractivity contribution in [1.29, 1.82) is 0 Å². The molecular formula is C21H23Cl2N3O2. The highest BCUT2D eigenvalue weighted by atomic mass is 35.5. The molecule has 4 rings (SSSR count). The number of nitrogens with one attached hydrogen (secondary N) is 1. The second-order valence-electron chi connectivity index (χ2n) is 6.58. The predicted molar refractivity (Wildman–Crippen MR) is 117 cm³/mol. The summed E-state index contributed by atoms with van der Waals surface area (Å²) in [6, 6.07) is 15.6. The maximum atomic E-state index is 6.40.